The van der Waals surface area contributed by atoms with Crippen LogP contribution in [0.5, 0.6) is 0 Å². The third-order valence-electron chi connectivity index (χ3n) is 5.02. The third-order valence-corrected chi connectivity index (χ3v) is 6.40. The molecule has 2 aromatic carbocycles. The van der Waals surface area contributed by atoms with Crippen molar-refractivity contribution in [2.75, 3.05) is 21.5 Å². The topological polar surface area (TPSA) is 95.6 Å². The Morgan fingerprint density at radius 2 is 1.90 bits per heavy atom. The second-order valence-corrected chi connectivity index (χ2v) is 9.68. The second kappa shape index (κ2) is 9.05. The van der Waals surface area contributed by atoms with E-state index in [1.807, 2.05) is 0 Å². The maximum Gasteiger partial charge on any atom is 0.261 e. The Bertz CT molecular complexity index is 1120. The summed E-state index contributed by atoms with van der Waals surface area (Å²) in [6.45, 7) is 6.05. The highest BCUT2D eigenvalue weighted by Gasteiger charge is 2.25. The van der Waals surface area contributed by atoms with E-state index < -0.39 is 21.7 Å². The lowest BCUT2D eigenvalue weighted by atomic mass is 9.99. The molecule has 1 aliphatic heterocycles. The van der Waals surface area contributed by atoms with Gasteiger partial charge in [0.05, 0.1) is 10.6 Å². The van der Waals surface area contributed by atoms with E-state index >= 15 is 0 Å². The molecule has 0 unspecified atom stereocenters. The van der Waals surface area contributed by atoms with Gasteiger partial charge in [-0.3, -0.25) is 14.3 Å². The lowest BCUT2D eigenvalue weighted by molar-refractivity contribution is -0.119. The largest absolute Gasteiger partial charge is 0.324 e. The molecule has 0 aliphatic carbocycles. The van der Waals surface area contributed by atoms with Crippen LogP contribution in [0.4, 0.5) is 21.5 Å². The van der Waals surface area contributed by atoms with Crippen LogP contribution >= 0.6 is 0 Å². The number of hydrogen-bond donors (Lipinski definition) is 2. The summed E-state index contributed by atoms with van der Waals surface area (Å²) in [6.07, 6.45) is 1.78. The predicted molar refractivity (Wildman–Crippen MR) is 118 cm³/mol. The molecule has 2 aromatic rings. The van der Waals surface area contributed by atoms with Gasteiger partial charge in [-0.05, 0) is 60.7 Å². The normalized spacial score (nSPS) is 13.8. The number of aryl methyl sites for hydroxylation is 1. The van der Waals surface area contributed by atoms with Crippen molar-refractivity contribution in [1.29, 1.82) is 0 Å². The van der Waals surface area contributed by atoms with Crippen molar-refractivity contribution in [3.05, 3.63) is 47.8 Å². The maximum atomic E-state index is 14.2. The van der Waals surface area contributed by atoms with E-state index in [1.54, 1.807) is 23.1 Å². The van der Waals surface area contributed by atoms with Crippen molar-refractivity contribution in [1.82, 2.24) is 0 Å². The number of amides is 2. The number of sulfonamides is 1. The van der Waals surface area contributed by atoms with Crippen LogP contribution in [-0.4, -0.2) is 26.8 Å². The molecule has 0 saturated heterocycles. The number of nitrogens with zero attached hydrogens (tertiary/aromatic N) is 1. The number of anilines is 3. The summed E-state index contributed by atoms with van der Waals surface area (Å²) in [6, 6.07) is 8.34. The summed E-state index contributed by atoms with van der Waals surface area (Å²) in [5.41, 5.74) is 1.93. The average molecular weight is 448 g/mol. The Morgan fingerprint density at radius 1 is 1.16 bits per heavy atom. The molecule has 31 heavy (non-hydrogen) atoms. The number of halogens is 1. The average Bonchev–Trinajstić information content (AvgIpc) is 2.68. The van der Waals surface area contributed by atoms with Gasteiger partial charge < -0.3 is 10.2 Å². The van der Waals surface area contributed by atoms with Gasteiger partial charge in [-0.15, -0.1) is 0 Å². The van der Waals surface area contributed by atoms with Crippen LogP contribution in [0.25, 0.3) is 0 Å². The van der Waals surface area contributed by atoms with Crippen LogP contribution in [-0.2, 0) is 26.0 Å². The number of benzene rings is 2. The smallest absolute Gasteiger partial charge is 0.261 e. The van der Waals surface area contributed by atoms with E-state index in [9.17, 15) is 22.4 Å². The lowest BCUT2D eigenvalue weighted by Gasteiger charge is -2.30. The van der Waals surface area contributed by atoms with Crippen LogP contribution in [0.3, 0.4) is 0 Å². The number of carbonyl (C=O) groups excluding carboxylic acids is 2. The summed E-state index contributed by atoms with van der Waals surface area (Å²) < 4.78 is 42.1. The zero-order valence-electron chi connectivity index (χ0n) is 17.7. The fourth-order valence-corrected chi connectivity index (χ4v) is 4.48. The van der Waals surface area contributed by atoms with Crippen molar-refractivity contribution in [2.24, 2.45) is 5.92 Å². The Kier molecular flexibility index (Phi) is 6.64. The zero-order chi connectivity index (χ0) is 22.8. The number of nitrogens with one attached hydrogen (secondary N) is 2. The Morgan fingerprint density at radius 3 is 2.55 bits per heavy atom. The second-order valence-electron chi connectivity index (χ2n) is 8.00. The molecule has 166 valence electrons. The predicted octanol–water partition coefficient (Wildman–Crippen LogP) is 3.91. The lowest BCUT2D eigenvalue weighted by Crippen LogP contribution is -2.36. The molecule has 1 aliphatic rings. The monoisotopic (exact) mass is 447 g/mol. The molecule has 1 heterocycles. The van der Waals surface area contributed by atoms with Crippen molar-refractivity contribution in [2.45, 2.75) is 44.9 Å². The summed E-state index contributed by atoms with van der Waals surface area (Å²) in [5.74, 6) is -0.775. The minimum atomic E-state index is -4.04. The Balaban J connectivity index is 1.82. The number of hydrogen-bond acceptors (Lipinski definition) is 4. The van der Waals surface area contributed by atoms with E-state index in [2.05, 4.69) is 23.9 Å². The van der Waals surface area contributed by atoms with Gasteiger partial charge in [0.1, 0.15) is 5.82 Å². The van der Waals surface area contributed by atoms with Gasteiger partial charge in [0, 0.05) is 31.3 Å². The highest BCUT2D eigenvalue weighted by atomic mass is 32.2. The Hall–Kier alpha value is -2.94. The van der Waals surface area contributed by atoms with Gasteiger partial charge in [0.25, 0.3) is 10.0 Å². The maximum absolute atomic E-state index is 14.2. The van der Waals surface area contributed by atoms with E-state index in [4.69, 9.17) is 0 Å². The minimum Gasteiger partial charge on any atom is -0.324 e. The number of fused-ring (bicyclic) bond motifs is 1. The summed E-state index contributed by atoms with van der Waals surface area (Å²) in [7, 11) is -4.04. The fourth-order valence-electron chi connectivity index (χ4n) is 3.42. The van der Waals surface area contributed by atoms with Crippen LogP contribution in [0.15, 0.2) is 41.3 Å². The van der Waals surface area contributed by atoms with Crippen molar-refractivity contribution in [3.8, 4) is 0 Å². The highest BCUT2D eigenvalue weighted by Crippen LogP contribution is 2.32. The molecule has 0 bridgehead atoms. The van der Waals surface area contributed by atoms with Gasteiger partial charge in [-0.1, -0.05) is 13.8 Å². The molecular formula is C22H26FN3O4S. The molecule has 0 radical (unpaired) electrons. The highest BCUT2D eigenvalue weighted by molar-refractivity contribution is 7.92. The molecule has 7 nitrogen and oxygen atoms in total. The van der Waals surface area contributed by atoms with E-state index in [0.717, 1.165) is 23.7 Å². The number of carbonyl (C=O) groups is 2. The Labute approximate surface area is 181 Å². The molecule has 2 N–H and O–H groups in total. The molecule has 0 fully saturated rings. The molecule has 2 amide bonds. The van der Waals surface area contributed by atoms with Crippen LogP contribution < -0.4 is 14.9 Å². The molecule has 0 aromatic heterocycles. The van der Waals surface area contributed by atoms with Crippen LogP contribution in [0, 0.1) is 11.7 Å². The van der Waals surface area contributed by atoms with Crippen molar-refractivity contribution in [3.63, 3.8) is 0 Å². The van der Waals surface area contributed by atoms with E-state index in [-0.39, 0.29) is 16.5 Å². The molecule has 9 heteroatoms. The summed E-state index contributed by atoms with van der Waals surface area (Å²) in [4.78, 5) is 24.9. The van der Waals surface area contributed by atoms with E-state index in [0.29, 0.717) is 31.0 Å². The van der Waals surface area contributed by atoms with Crippen LogP contribution in [0.1, 0.15) is 39.2 Å². The van der Waals surface area contributed by atoms with Gasteiger partial charge >= 0.3 is 0 Å². The summed E-state index contributed by atoms with van der Waals surface area (Å²) in [5, 5.41) is 2.30. The standard InChI is InChI=1S/C22H26FN3O4S/c1-14(2)10-11-26-21-8-5-17(12-16(21)4-9-22(26)28)25-31(29,30)18-6-7-20(19(23)13-18)24-15(3)27/h5-8,12-14,25H,4,9-11H2,1-3H3,(H,24,27). The van der Waals surface area contributed by atoms with Crippen molar-refractivity contribution < 1.29 is 22.4 Å². The molecule has 0 saturated carbocycles. The first-order valence-electron chi connectivity index (χ1n) is 10.1. The van der Waals surface area contributed by atoms with Gasteiger partial charge in [-0.25, -0.2) is 12.8 Å². The molecular weight excluding hydrogens is 421 g/mol. The quantitative estimate of drug-likeness (QED) is 0.673. The first kappa shape index (κ1) is 22.7. The first-order valence-corrected chi connectivity index (χ1v) is 11.6. The van der Waals surface area contributed by atoms with Gasteiger partial charge in [0.2, 0.25) is 11.8 Å². The summed E-state index contributed by atoms with van der Waals surface area (Å²) >= 11 is 0. The van der Waals surface area contributed by atoms with E-state index in [1.165, 1.54) is 19.1 Å². The van der Waals surface area contributed by atoms with Crippen LogP contribution in [0.2, 0.25) is 0 Å². The zero-order valence-corrected chi connectivity index (χ0v) is 18.6. The molecule has 0 atom stereocenters. The van der Waals surface area contributed by atoms with Gasteiger partial charge in [-0.2, -0.15) is 0 Å². The first-order chi connectivity index (χ1) is 14.6. The van der Waals surface area contributed by atoms with Crippen molar-refractivity contribution >= 4 is 38.9 Å². The van der Waals surface area contributed by atoms with Gasteiger partial charge in [0.15, 0.2) is 0 Å². The third kappa shape index (κ3) is 5.41. The molecule has 0 spiro atoms. The number of rotatable bonds is 7. The SMILES string of the molecule is CC(=O)Nc1ccc(S(=O)(=O)Nc2ccc3c(c2)CCC(=O)N3CCC(C)C)cc1F. The fraction of sp³-hybridized carbons (Fsp3) is 0.364. The molecule has 3 rings (SSSR count). The minimum absolute atomic E-state index is 0.0659.